The number of morpholine rings is 1. The molecule has 2 aliphatic rings. The predicted molar refractivity (Wildman–Crippen MR) is 99.1 cm³/mol. The number of halogens is 1. The molecule has 26 heavy (non-hydrogen) atoms. The van der Waals surface area contributed by atoms with E-state index in [1.807, 2.05) is 4.90 Å². The van der Waals surface area contributed by atoms with Gasteiger partial charge in [-0.25, -0.2) is 4.39 Å². The number of hydrogen-bond donors (Lipinski definition) is 0. The van der Waals surface area contributed by atoms with Gasteiger partial charge in [-0.1, -0.05) is 6.07 Å². The molecule has 0 aromatic heterocycles. The van der Waals surface area contributed by atoms with Crippen molar-refractivity contribution in [3.63, 3.8) is 0 Å². The van der Waals surface area contributed by atoms with E-state index in [9.17, 15) is 14.5 Å². The summed E-state index contributed by atoms with van der Waals surface area (Å²) in [7, 11) is 0. The molecule has 7 heteroatoms. The Kier molecular flexibility index (Phi) is 6.09. The molecule has 6 nitrogen and oxygen atoms in total. The largest absolute Gasteiger partial charge is 0.373 e. The predicted octanol–water partition coefficient (Wildman–Crippen LogP) is 3.45. The number of nitro groups is 1. The smallest absolute Gasteiger partial charge is 0.295 e. The van der Waals surface area contributed by atoms with Gasteiger partial charge in [-0.05, 0) is 51.6 Å². The van der Waals surface area contributed by atoms with Crippen LogP contribution in [0.5, 0.6) is 0 Å². The Morgan fingerprint density at radius 2 is 1.88 bits per heavy atom. The van der Waals surface area contributed by atoms with Crippen molar-refractivity contribution < 1.29 is 14.1 Å². The maximum absolute atomic E-state index is 14.2. The molecule has 0 spiro atoms. The second-order valence-electron chi connectivity index (χ2n) is 7.60. The molecule has 0 aliphatic carbocycles. The first kappa shape index (κ1) is 19.0. The van der Waals surface area contributed by atoms with Gasteiger partial charge in [0, 0.05) is 32.2 Å². The fourth-order valence-electron chi connectivity index (χ4n) is 4.24. The summed E-state index contributed by atoms with van der Waals surface area (Å²) in [4.78, 5) is 15.0. The molecule has 0 saturated carbocycles. The van der Waals surface area contributed by atoms with Crippen molar-refractivity contribution in [3.8, 4) is 0 Å². The highest BCUT2D eigenvalue weighted by atomic mass is 19.1. The Bertz CT molecular complexity index is 624. The first-order valence-electron chi connectivity index (χ1n) is 9.49. The zero-order chi connectivity index (χ0) is 18.7. The highest BCUT2D eigenvalue weighted by Gasteiger charge is 2.28. The number of nitrogens with zero attached hydrogens (tertiary/aromatic N) is 3. The van der Waals surface area contributed by atoms with Crippen LogP contribution in [0.4, 0.5) is 15.8 Å². The molecule has 144 valence electrons. The molecule has 2 atom stereocenters. The molecule has 2 aliphatic heterocycles. The third-order valence-corrected chi connectivity index (χ3v) is 5.44. The lowest BCUT2D eigenvalue weighted by Crippen LogP contribution is -2.46. The minimum Gasteiger partial charge on any atom is -0.373 e. The van der Waals surface area contributed by atoms with Crippen LogP contribution in [-0.4, -0.2) is 54.8 Å². The van der Waals surface area contributed by atoms with E-state index in [1.165, 1.54) is 18.2 Å². The van der Waals surface area contributed by atoms with Crippen molar-refractivity contribution in [2.45, 2.75) is 45.3 Å². The summed E-state index contributed by atoms with van der Waals surface area (Å²) >= 11 is 0. The third-order valence-electron chi connectivity index (χ3n) is 5.44. The SMILES string of the molecule is C[C@@H]1CN(CCC2CCN(c3c(F)cccc3[N+](=O)[O-])CC2)C[C@H](C)O1. The van der Waals surface area contributed by atoms with Crippen LogP contribution in [0.2, 0.25) is 0 Å². The van der Waals surface area contributed by atoms with Gasteiger partial charge in [0.15, 0.2) is 11.5 Å². The molecular weight excluding hydrogens is 337 g/mol. The Morgan fingerprint density at radius 1 is 1.23 bits per heavy atom. The molecule has 0 radical (unpaired) electrons. The van der Waals surface area contributed by atoms with Crippen LogP contribution >= 0.6 is 0 Å². The molecule has 2 fully saturated rings. The second kappa shape index (κ2) is 8.31. The first-order valence-corrected chi connectivity index (χ1v) is 9.49. The minimum atomic E-state index is -0.506. The Hall–Kier alpha value is -1.73. The summed E-state index contributed by atoms with van der Waals surface area (Å²) in [6.45, 7) is 8.58. The van der Waals surface area contributed by atoms with Crippen molar-refractivity contribution in [3.05, 3.63) is 34.1 Å². The number of hydrogen-bond acceptors (Lipinski definition) is 5. The lowest BCUT2D eigenvalue weighted by atomic mass is 9.92. The Labute approximate surface area is 154 Å². The summed E-state index contributed by atoms with van der Waals surface area (Å²) < 4.78 is 20.0. The Morgan fingerprint density at radius 3 is 2.50 bits per heavy atom. The van der Waals surface area contributed by atoms with Crippen LogP contribution in [0.3, 0.4) is 0 Å². The van der Waals surface area contributed by atoms with E-state index in [4.69, 9.17) is 4.74 Å². The minimum absolute atomic E-state index is 0.139. The van der Waals surface area contributed by atoms with Gasteiger partial charge in [-0.3, -0.25) is 15.0 Å². The van der Waals surface area contributed by atoms with Gasteiger partial charge in [-0.2, -0.15) is 0 Å². The quantitative estimate of drug-likeness (QED) is 0.591. The van der Waals surface area contributed by atoms with E-state index in [2.05, 4.69) is 18.7 Å². The fraction of sp³-hybridized carbons (Fsp3) is 0.684. The van der Waals surface area contributed by atoms with Crippen LogP contribution in [0.15, 0.2) is 18.2 Å². The first-order chi connectivity index (χ1) is 12.4. The lowest BCUT2D eigenvalue weighted by Gasteiger charge is -2.37. The average Bonchev–Trinajstić information content (AvgIpc) is 2.59. The molecule has 0 amide bonds. The van der Waals surface area contributed by atoms with Gasteiger partial charge < -0.3 is 9.64 Å². The highest BCUT2D eigenvalue weighted by molar-refractivity contribution is 5.64. The molecule has 0 unspecified atom stereocenters. The van der Waals surface area contributed by atoms with E-state index in [1.54, 1.807) is 0 Å². The van der Waals surface area contributed by atoms with Gasteiger partial charge in [-0.15, -0.1) is 0 Å². The number of benzene rings is 1. The van der Waals surface area contributed by atoms with E-state index in [0.29, 0.717) is 19.0 Å². The highest BCUT2D eigenvalue weighted by Crippen LogP contribution is 2.34. The van der Waals surface area contributed by atoms with Crippen molar-refractivity contribution in [1.29, 1.82) is 0 Å². The zero-order valence-corrected chi connectivity index (χ0v) is 15.6. The van der Waals surface area contributed by atoms with Crippen LogP contribution < -0.4 is 4.90 Å². The third kappa shape index (κ3) is 4.51. The molecule has 2 saturated heterocycles. The van der Waals surface area contributed by atoms with Gasteiger partial charge in [0.05, 0.1) is 17.1 Å². The molecule has 0 N–H and O–H groups in total. The topological polar surface area (TPSA) is 58.9 Å². The summed E-state index contributed by atoms with van der Waals surface area (Å²) in [6.07, 6.45) is 3.57. The second-order valence-corrected chi connectivity index (χ2v) is 7.60. The van der Waals surface area contributed by atoms with Gasteiger partial charge in [0.25, 0.3) is 5.69 Å². The fourth-order valence-corrected chi connectivity index (χ4v) is 4.24. The van der Waals surface area contributed by atoms with Gasteiger partial charge in [0.2, 0.25) is 0 Å². The van der Waals surface area contributed by atoms with Crippen molar-refractivity contribution in [2.24, 2.45) is 5.92 Å². The van der Waals surface area contributed by atoms with Crippen molar-refractivity contribution >= 4 is 11.4 Å². The molecular formula is C19H28FN3O3. The molecule has 1 aromatic rings. The van der Waals surface area contributed by atoms with E-state index in [0.717, 1.165) is 38.9 Å². The van der Waals surface area contributed by atoms with E-state index >= 15 is 0 Å². The van der Waals surface area contributed by atoms with Crippen molar-refractivity contribution in [1.82, 2.24) is 4.90 Å². The number of ether oxygens (including phenoxy) is 1. The summed E-state index contributed by atoms with van der Waals surface area (Å²) in [5.41, 5.74) is 0.00604. The molecule has 1 aromatic carbocycles. The number of nitro benzene ring substituents is 1. The molecule has 2 heterocycles. The zero-order valence-electron chi connectivity index (χ0n) is 15.6. The van der Waals surface area contributed by atoms with Crippen LogP contribution in [0.25, 0.3) is 0 Å². The van der Waals surface area contributed by atoms with Crippen LogP contribution in [0, 0.1) is 21.8 Å². The van der Waals surface area contributed by atoms with Gasteiger partial charge >= 0.3 is 0 Å². The lowest BCUT2D eigenvalue weighted by molar-refractivity contribution is -0.384. The van der Waals surface area contributed by atoms with E-state index in [-0.39, 0.29) is 23.6 Å². The number of rotatable bonds is 5. The summed E-state index contributed by atoms with van der Waals surface area (Å²) in [6, 6.07) is 4.08. The standard InChI is InChI=1S/C19H28FN3O3/c1-14-12-21(13-15(2)26-14)9-6-16-7-10-22(11-8-16)19-17(20)4-3-5-18(19)23(24)25/h3-5,14-16H,6-13H2,1-2H3/t14-,15+. The van der Waals surface area contributed by atoms with Crippen LogP contribution in [-0.2, 0) is 4.74 Å². The van der Waals surface area contributed by atoms with Crippen molar-refractivity contribution in [2.75, 3.05) is 37.6 Å². The molecule has 0 bridgehead atoms. The normalized spacial score (nSPS) is 25.4. The number of anilines is 1. The monoisotopic (exact) mass is 365 g/mol. The molecule has 3 rings (SSSR count). The average molecular weight is 365 g/mol. The Balaban J connectivity index is 1.53. The number of piperidine rings is 1. The maximum atomic E-state index is 14.2. The van der Waals surface area contributed by atoms with Gasteiger partial charge in [0.1, 0.15) is 0 Å². The maximum Gasteiger partial charge on any atom is 0.295 e. The van der Waals surface area contributed by atoms with Crippen LogP contribution in [0.1, 0.15) is 33.1 Å². The number of para-hydroxylation sites is 1. The van der Waals surface area contributed by atoms with E-state index < -0.39 is 10.7 Å². The summed E-state index contributed by atoms with van der Waals surface area (Å²) in [5.74, 6) is 0.0829. The summed E-state index contributed by atoms with van der Waals surface area (Å²) in [5, 5.41) is 11.2.